The van der Waals surface area contributed by atoms with E-state index in [-0.39, 0.29) is 23.8 Å². The average molecular weight is 532 g/mol. The number of rotatable bonds is 8. The number of aryl methyl sites for hydroxylation is 1. The van der Waals surface area contributed by atoms with Gasteiger partial charge in [0.15, 0.2) is 6.61 Å². The molecule has 2 aromatic carbocycles. The summed E-state index contributed by atoms with van der Waals surface area (Å²) in [5, 5.41) is 3.02. The average Bonchev–Trinajstić information content (AvgIpc) is 2.70. The van der Waals surface area contributed by atoms with Crippen molar-refractivity contribution in [2.75, 3.05) is 6.61 Å². The molecule has 0 bridgehead atoms. The monoisotopic (exact) mass is 530 g/mol. The van der Waals surface area contributed by atoms with Gasteiger partial charge in [0.1, 0.15) is 11.8 Å². The van der Waals surface area contributed by atoms with E-state index in [2.05, 4.69) is 42.0 Å². The van der Waals surface area contributed by atoms with Gasteiger partial charge >= 0.3 is 0 Å². The molecule has 0 aliphatic rings. The number of carbonyl (C=O) groups is 2. The summed E-state index contributed by atoms with van der Waals surface area (Å²) < 4.78 is 6.72. The normalized spacial score (nSPS) is 12.7. The molecule has 0 heterocycles. The fourth-order valence-electron chi connectivity index (χ4n) is 3.69. The molecule has 0 saturated heterocycles. The van der Waals surface area contributed by atoms with Crippen molar-refractivity contribution in [3.8, 4) is 5.75 Å². The van der Waals surface area contributed by atoms with E-state index in [9.17, 15) is 9.59 Å². The van der Waals surface area contributed by atoms with E-state index in [1.54, 1.807) is 4.90 Å². The van der Waals surface area contributed by atoms with Crippen LogP contribution in [0.25, 0.3) is 0 Å². The maximum atomic E-state index is 13.4. The van der Waals surface area contributed by atoms with Gasteiger partial charge in [-0.25, -0.2) is 0 Å². The van der Waals surface area contributed by atoms with Crippen molar-refractivity contribution >= 4 is 27.7 Å². The number of carbonyl (C=O) groups excluding carboxylic acids is 2. The van der Waals surface area contributed by atoms with Crippen LogP contribution in [0.1, 0.15) is 71.6 Å². The Morgan fingerprint density at radius 2 is 1.74 bits per heavy atom. The number of nitrogens with zero attached hydrogens (tertiary/aromatic N) is 1. The molecule has 0 aliphatic heterocycles. The fourth-order valence-corrected chi connectivity index (χ4v) is 4.18. The first-order valence-electron chi connectivity index (χ1n) is 11.8. The number of hydrogen-bond acceptors (Lipinski definition) is 3. The van der Waals surface area contributed by atoms with E-state index in [1.807, 2.05) is 77.1 Å². The van der Waals surface area contributed by atoms with Gasteiger partial charge in [-0.1, -0.05) is 63.6 Å². The molecule has 186 valence electrons. The van der Waals surface area contributed by atoms with E-state index in [0.29, 0.717) is 18.7 Å². The van der Waals surface area contributed by atoms with Gasteiger partial charge in [0.2, 0.25) is 5.91 Å². The van der Waals surface area contributed by atoms with E-state index >= 15 is 0 Å². The Balaban J connectivity index is 2.27. The van der Waals surface area contributed by atoms with E-state index in [4.69, 9.17) is 4.74 Å². The van der Waals surface area contributed by atoms with Gasteiger partial charge in [0.05, 0.1) is 4.47 Å². The zero-order valence-corrected chi connectivity index (χ0v) is 23.4. The Bertz CT molecular complexity index is 1010. The van der Waals surface area contributed by atoms with E-state index in [1.165, 1.54) is 5.56 Å². The zero-order valence-electron chi connectivity index (χ0n) is 21.8. The van der Waals surface area contributed by atoms with Crippen LogP contribution < -0.4 is 10.1 Å². The lowest BCUT2D eigenvalue weighted by Gasteiger charge is -2.33. The number of nitrogens with one attached hydrogen (secondary N) is 1. The van der Waals surface area contributed by atoms with Crippen LogP contribution >= 0.6 is 15.9 Å². The van der Waals surface area contributed by atoms with Crippen molar-refractivity contribution in [3.05, 3.63) is 63.6 Å². The van der Waals surface area contributed by atoms with Gasteiger partial charge < -0.3 is 15.0 Å². The lowest BCUT2D eigenvalue weighted by molar-refractivity contribution is -0.143. The highest BCUT2D eigenvalue weighted by Crippen LogP contribution is 2.31. The van der Waals surface area contributed by atoms with Gasteiger partial charge in [-0.2, -0.15) is 0 Å². The molecule has 2 rings (SSSR count). The molecule has 34 heavy (non-hydrogen) atoms. The molecule has 0 spiro atoms. The molecule has 0 saturated carbocycles. The summed E-state index contributed by atoms with van der Waals surface area (Å²) in [7, 11) is 0. The predicted molar refractivity (Wildman–Crippen MR) is 142 cm³/mol. The van der Waals surface area contributed by atoms with Crippen LogP contribution in [0.15, 0.2) is 46.9 Å². The summed E-state index contributed by atoms with van der Waals surface area (Å²) in [5.41, 5.74) is 2.88. The van der Waals surface area contributed by atoms with Crippen molar-refractivity contribution in [1.29, 1.82) is 0 Å². The van der Waals surface area contributed by atoms with Crippen molar-refractivity contribution in [1.82, 2.24) is 10.2 Å². The molecular formula is C28H39BrN2O3. The summed E-state index contributed by atoms with van der Waals surface area (Å²) in [6.07, 6.45) is 0.503. The van der Waals surface area contributed by atoms with Crippen LogP contribution in [0, 0.1) is 6.92 Å². The molecule has 6 heteroatoms. The number of halogens is 1. The number of ether oxygens (including phenoxy) is 1. The number of amides is 2. The maximum Gasteiger partial charge on any atom is 0.261 e. The standard InChI is InChI=1S/C28H39BrN2O3/c1-9-23(26(33)30-28(6,7)8)31(17-20-12-10-11-19(2)15-20)25(32)18-34-24-14-13-21(16-22(24)29)27(3,4)5/h10-16,23H,9,17-18H2,1-8H3,(H,30,33)/t23-/m1/s1. The third-order valence-corrected chi connectivity index (χ3v) is 6.09. The highest BCUT2D eigenvalue weighted by atomic mass is 79.9. The molecule has 0 aliphatic carbocycles. The van der Waals surface area contributed by atoms with Crippen molar-refractivity contribution < 1.29 is 14.3 Å². The lowest BCUT2D eigenvalue weighted by Crippen LogP contribution is -2.54. The summed E-state index contributed by atoms with van der Waals surface area (Å²) in [6.45, 7) is 16.4. The van der Waals surface area contributed by atoms with Crippen LogP contribution in [-0.4, -0.2) is 34.9 Å². The molecule has 5 nitrogen and oxygen atoms in total. The van der Waals surface area contributed by atoms with Crippen LogP contribution in [0.3, 0.4) is 0 Å². The Morgan fingerprint density at radius 3 is 2.26 bits per heavy atom. The minimum absolute atomic E-state index is 0.0102. The Morgan fingerprint density at radius 1 is 1.06 bits per heavy atom. The Hall–Kier alpha value is -2.34. The quantitative estimate of drug-likeness (QED) is 0.444. The molecule has 0 fully saturated rings. The first-order valence-corrected chi connectivity index (χ1v) is 12.6. The van der Waals surface area contributed by atoms with Gasteiger partial charge in [-0.3, -0.25) is 9.59 Å². The predicted octanol–water partition coefficient (Wildman–Crippen LogP) is 6.16. The number of hydrogen-bond donors (Lipinski definition) is 1. The molecule has 0 radical (unpaired) electrons. The molecule has 2 aromatic rings. The highest BCUT2D eigenvalue weighted by Gasteiger charge is 2.31. The van der Waals surface area contributed by atoms with E-state index in [0.717, 1.165) is 15.6 Å². The summed E-state index contributed by atoms with van der Waals surface area (Å²) in [4.78, 5) is 28.2. The van der Waals surface area contributed by atoms with Crippen LogP contribution in [0.4, 0.5) is 0 Å². The smallest absolute Gasteiger partial charge is 0.261 e. The van der Waals surface area contributed by atoms with Gasteiger partial charge in [0.25, 0.3) is 5.91 Å². The second kappa shape index (κ2) is 11.4. The Labute approximate surface area is 213 Å². The number of benzene rings is 2. The summed E-state index contributed by atoms with van der Waals surface area (Å²) >= 11 is 3.57. The molecular weight excluding hydrogens is 492 g/mol. The first kappa shape index (κ1) is 27.9. The minimum atomic E-state index is -0.595. The molecule has 2 amide bonds. The van der Waals surface area contributed by atoms with E-state index < -0.39 is 11.6 Å². The molecule has 0 unspecified atom stereocenters. The van der Waals surface area contributed by atoms with Crippen LogP contribution in [0.2, 0.25) is 0 Å². The van der Waals surface area contributed by atoms with Gasteiger partial charge in [-0.05, 0) is 78.7 Å². The molecule has 1 N–H and O–H groups in total. The summed E-state index contributed by atoms with van der Waals surface area (Å²) in [6, 6.07) is 13.3. The SMILES string of the molecule is CC[C@H](C(=O)NC(C)(C)C)N(Cc1cccc(C)c1)C(=O)COc1ccc(C(C)(C)C)cc1Br. The zero-order chi connectivity index (χ0) is 25.7. The largest absolute Gasteiger partial charge is 0.483 e. The fraction of sp³-hybridized carbons (Fsp3) is 0.500. The maximum absolute atomic E-state index is 13.4. The van der Waals surface area contributed by atoms with Crippen molar-refractivity contribution in [3.63, 3.8) is 0 Å². The molecule has 0 aromatic heterocycles. The summed E-state index contributed by atoms with van der Waals surface area (Å²) in [5.74, 6) is 0.208. The third-order valence-electron chi connectivity index (χ3n) is 5.47. The Kier molecular flexibility index (Phi) is 9.35. The molecule has 1 atom stereocenters. The van der Waals surface area contributed by atoms with Crippen molar-refractivity contribution in [2.24, 2.45) is 0 Å². The van der Waals surface area contributed by atoms with Crippen LogP contribution in [0.5, 0.6) is 5.75 Å². The topological polar surface area (TPSA) is 58.6 Å². The first-order chi connectivity index (χ1) is 15.7. The minimum Gasteiger partial charge on any atom is -0.483 e. The van der Waals surface area contributed by atoms with Gasteiger partial charge in [-0.15, -0.1) is 0 Å². The van der Waals surface area contributed by atoms with Gasteiger partial charge in [0, 0.05) is 12.1 Å². The lowest BCUT2D eigenvalue weighted by atomic mass is 9.87. The second-order valence-electron chi connectivity index (χ2n) is 10.9. The van der Waals surface area contributed by atoms with Crippen molar-refractivity contribution in [2.45, 2.75) is 85.4 Å². The van der Waals surface area contributed by atoms with Crippen LogP contribution in [-0.2, 0) is 21.5 Å². The highest BCUT2D eigenvalue weighted by molar-refractivity contribution is 9.10. The second-order valence-corrected chi connectivity index (χ2v) is 11.7. The third kappa shape index (κ3) is 8.15.